The molecule has 4 atom stereocenters. The summed E-state index contributed by atoms with van der Waals surface area (Å²) in [7, 11) is 0. The Labute approximate surface area is 157 Å². The van der Waals surface area contributed by atoms with Crippen LogP contribution in [0.1, 0.15) is 16.8 Å². The second-order valence-corrected chi connectivity index (χ2v) is 6.39. The highest BCUT2D eigenvalue weighted by atomic mass is 16.5. The first-order valence-electron chi connectivity index (χ1n) is 8.74. The highest BCUT2D eigenvalue weighted by Gasteiger charge is 2.43. The summed E-state index contributed by atoms with van der Waals surface area (Å²) >= 11 is 0. The first kappa shape index (κ1) is 19.0. The SMILES string of the molecule is O=C(C[C@@H]1O[C@H](CNC(=O)c2ccccc2)[C@@H](O)[C@H]1O)Nc1ccccc1. The van der Waals surface area contributed by atoms with Crippen LogP contribution in [-0.2, 0) is 9.53 Å². The number of anilines is 1. The summed E-state index contributed by atoms with van der Waals surface area (Å²) in [4.78, 5) is 24.2. The molecule has 0 radical (unpaired) electrons. The number of nitrogens with one attached hydrogen (secondary N) is 2. The van der Waals surface area contributed by atoms with Crippen LogP contribution in [-0.4, -0.2) is 53.0 Å². The Bertz CT molecular complexity index is 768. The third-order valence-corrected chi connectivity index (χ3v) is 4.41. The van der Waals surface area contributed by atoms with Gasteiger partial charge in [-0.25, -0.2) is 0 Å². The Balaban J connectivity index is 1.51. The highest BCUT2D eigenvalue weighted by Crippen LogP contribution is 2.24. The van der Waals surface area contributed by atoms with Gasteiger partial charge in [-0.2, -0.15) is 0 Å². The van der Waals surface area contributed by atoms with Gasteiger partial charge in [-0.3, -0.25) is 9.59 Å². The molecule has 0 aromatic heterocycles. The van der Waals surface area contributed by atoms with E-state index in [1.54, 1.807) is 48.5 Å². The van der Waals surface area contributed by atoms with Crippen LogP contribution in [0.25, 0.3) is 0 Å². The molecule has 1 aliphatic rings. The van der Waals surface area contributed by atoms with Gasteiger partial charge in [0.1, 0.15) is 18.3 Å². The van der Waals surface area contributed by atoms with E-state index in [9.17, 15) is 19.8 Å². The van der Waals surface area contributed by atoms with E-state index in [1.807, 2.05) is 12.1 Å². The third-order valence-electron chi connectivity index (χ3n) is 4.41. The number of carbonyl (C=O) groups excluding carboxylic acids is 2. The van der Waals surface area contributed by atoms with Gasteiger partial charge in [-0.05, 0) is 24.3 Å². The zero-order chi connectivity index (χ0) is 19.2. The van der Waals surface area contributed by atoms with Crippen molar-refractivity contribution in [1.29, 1.82) is 0 Å². The van der Waals surface area contributed by atoms with Gasteiger partial charge < -0.3 is 25.6 Å². The Morgan fingerprint density at radius 2 is 1.48 bits per heavy atom. The van der Waals surface area contributed by atoms with Crippen LogP contribution in [0.15, 0.2) is 60.7 Å². The highest BCUT2D eigenvalue weighted by molar-refractivity contribution is 5.94. The molecule has 0 saturated carbocycles. The number of hydrogen-bond acceptors (Lipinski definition) is 5. The molecule has 27 heavy (non-hydrogen) atoms. The fourth-order valence-electron chi connectivity index (χ4n) is 2.96. The second-order valence-electron chi connectivity index (χ2n) is 6.39. The first-order chi connectivity index (χ1) is 13.0. The first-order valence-corrected chi connectivity index (χ1v) is 8.74. The van der Waals surface area contributed by atoms with Crippen molar-refractivity contribution in [3.05, 3.63) is 66.2 Å². The molecule has 0 unspecified atom stereocenters. The zero-order valence-electron chi connectivity index (χ0n) is 14.6. The summed E-state index contributed by atoms with van der Waals surface area (Å²) < 4.78 is 5.61. The molecule has 1 heterocycles. The van der Waals surface area contributed by atoms with Crippen LogP contribution in [0.2, 0.25) is 0 Å². The molecule has 0 aliphatic carbocycles. The molecule has 2 aromatic carbocycles. The van der Waals surface area contributed by atoms with Gasteiger partial charge in [0.2, 0.25) is 5.91 Å². The van der Waals surface area contributed by atoms with Gasteiger partial charge in [0.15, 0.2) is 0 Å². The lowest BCUT2D eigenvalue weighted by Crippen LogP contribution is -2.40. The molecular weight excluding hydrogens is 348 g/mol. The fourth-order valence-corrected chi connectivity index (χ4v) is 2.96. The average Bonchev–Trinajstić information content (AvgIpc) is 2.95. The van der Waals surface area contributed by atoms with E-state index in [2.05, 4.69) is 10.6 Å². The molecule has 3 rings (SSSR count). The van der Waals surface area contributed by atoms with Gasteiger partial charge in [0.05, 0.1) is 12.5 Å². The summed E-state index contributed by atoms with van der Waals surface area (Å²) in [6.07, 6.45) is -4.12. The average molecular weight is 370 g/mol. The van der Waals surface area contributed by atoms with Crippen LogP contribution in [0.4, 0.5) is 5.69 Å². The number of carbonyl (C=O) groups is 2. The van der Waals surface area contributed by atoms with Crippen LogP contribution >= 0.6 is 0 Å². The largest absolute Gasteiger partial charge is 0.388 e. The van der Waals surface area contributed by atoms with E-state index in [-0.39, 0.29) is 24.8 Å². The molecule has 7 nitrogen and oxygen atoms in total. The number of ether oxygens (including phenoxy) is 1. The quantitative estimate of drug-likeness (QED) is 0.605. The van der Waals surface area contributed by atoms with Crippen molar-refractivity contribution in [2.75, 3.05) is 11.9 Å². The van der Waals surface area contributed by atoms with Gasteiger partial charge >= 0.3 is 0 Å². The molecule has 1 fully saturated rings. The minimum Gasteiger partial charge on any atom is -0.388 e. The summed E-state index contributed by atoms with van der Waals surface area (Å²) in [5, 5.41) is 25.7. The number of rotatable bonds is 6. The van der Waals surface area contributed by atoms with Crippen LogP contribution in [0.5, 0.6) is 0 Å². The van der Waals surface area contributed by atoms with Gasteiger partial charge in [-0.1, -0.05) is 36.4 Å². The van der Waals surface area contributed by atoms with Crippen LogP contribution < -0.4 is 10.6 Å². The molecule has 0 bridgehead atoms. The van der Waals surface area contributed by atoms with Crippen molar-refractivity contribution in [2.24, 2.45) is 0 Å². The second kappa shape index (κ2) is 8.77. The number of benzene rings is 2. The normalized spacial score (nSPS) is 24.4. The molecule has 4 N–H and O–H groups in total. The predicted molar refractivity (Wildman–Crippen MR) is 99.1 cm³/mol. The van der Waals surface area contributed by atoms with E-state index >= 15 is 0 Å². The minimum atomic E-state index is -1.20. The summed E-state index contributed by atoms with van der Waals surface area (Å²) in [5.41, 5.74) is 1.13. The maximum atomic E-state index is 12.1. The molecule has 1 aliphatic heterocycles. The van der Waals surface area contributed by atoms with Crippen LogP contribution in [0.3, 0.4) is 0 Å². The summed E-state index contributed by atoms with van der Waals surface area (Å²) in [6.45, 7) is 0.0305. The van der Waals surface area contributed by atoms with Crippen molar-refractivity contribution in [2.45, 2.75) is 30.8 Å². The predicted octanol–water partition coefficient (Wildman–Crippen LogP) is 0.934. The monoisotopic (exact) mass is 370 g/mol. The van der Waals surface area contributed by atoms with Crippen molar-refractivity contribution < 1.29 is 24.5 Å². The molecule has 1 saturated heterocycles. The molecule has 142 valence electrons. The molecule has 7 heteroatoms. The van der Waals surface area contributed by atoms with Crippen molar-refractivity contribution in [3.8, 4) is 0 Å². The van der Waals surface area contributed by atoms with E-state index in [1.165, 1.54) is 0 Å². The standard InChI is InChI=1S/C20H22N2O5/c23-17(22-14-9-5-2-6-10-14)11-15-18(24)19(25)16(27-15)12-21-20(26)13-7-3-1-4-8-13/h1-10,15-16,18-19,24-25H,11-12H2,(H,21,26)(H,22,23)/t15-,16+,18-,19+/m0/s1. The lowest BCUT2D eigenvalue weighted by atomic mass is 10.1. The van der Waals surface area contributed by atoms with Crippen molar-refractivity contribution >= 4 is 17.5 Å². The van der Waals surface area contributed by atoms with Crippen LogP contribution in [0, 0.1) is 0 Å². The molecule has 0 spiro atoms. The number of aliphatic hydroxyl groups excluding tert-OH is 2. The fraction of sp³-hybridized carbons (Fsp3) is 0.300. The molecular formula is C20H22N2O5. The molecule has 2 aromatic rings. The van der Waals surface area contributed by atoms with E-state index in [0.717, 1.165) is 0 Å². The lowest BCUT2D eigenvalue weighted by Gasteiger charge is -2.15. The van der Waals surface area contributed by atoms with E-state index in [0.29, 0.717) is 11.3 Å². The number of amides is 2. The topological polar surface area (TPSA) is 108 Å². The van der Waals surface area contributed by atoms with E-state index in [4.69, 9.17) is 4.74 Å². The third kappa shape index (κ3) is 4.91. The minimum absolute atomic E-state index is 0.0305. The maximum absolute atomic E-state index is 12.1. The summed E-state index contributed by atoms with van der Waals surface area (Å²) in [6, 6.07) is 17.6. The number of hydrogen-bond donors (Lipinski definition) is 4. The van der Waals surface area contributed by atoms with Gasteiger partial charge in [-0.15, -0.1) is 0 Å². The smallest absolute Gasteiger partial charge is 0.251 e. The van der Waals surface area contributed by atoms with Gasteiger partial charge in [0.25, 0.3) is 5.91 Å². The number of aliphatic hydroxyl groups is 2. The Hall–Kier alpha value is -2.74. The lowest BCUT2D eigenvalue weighted by molar-refractivity contribution is -0.120. The van der Waals surface area contributed by atoms with E-state index < -0.39 is 24.4 Å². The number of para-hydroxylation sites is 1. The Morgan fingerprint density at radius 3 is 2.15 bits per heavy atom. The molecule has 2 amide bonds. The Morgan fingerprint density at radius 1 is 0.889 bits per heavy atom. The summed E-state index contributed by atoms with van der Waals surface area (Å²) in [5.74, 6) is -0.627. The van der Waals surface area contributed by atoms with Crippen molar-refractivity contribution in [3.63, 3.8) is 0 Å². The maximum Gasteiger partial charge on any atom is 0.251 e. The Kier molecular flexibility index (Phi) is 6.18. The van der Waals surface area contributed by atoms with Crippen molar-refractivity contribution in [1.82, 2.24) is 5.32 Å². The van der Waals surface area contributed by atoms with Gasteiger partial charge in [0, 0.05) is 17.8 Å². The zero-order valence-corrected chi connectivity index (χ0v) is 14.6.